The monoisotopic (exact) mass is 494 g/mol. The predicted molar refractivity (Wildman–Crippen MR) is 121 cm³/mol. The van der Waals surface area contributed by atoms with Gasteiger partial charge in [-0.15, -0.1) is 0 Å². The molecule has 10 heteroatoms. The molecule has 0 saturated heterocycles. The van der Waals surface area contributed by atoms with Crippen LogP contribution in [-0.2, 0) is 6.42 Å². The van der Waals surface area contributed by atoms with Crippen LogP contribution in [0.25, 0.3) is 23.2 Å². The van der Waals surface area contributed by atoms with Crippen LogP contribution in [0.3, 0.4) is 0 Å². The summed E-state index contributed by atoms with van der Waals surface area (Å²) >= 11 is 0. The fourth-order valence-electron chi connectivity index (χ4n) is 3.89. The van der Waals surface area contributed by atoms with Crippen molar-refractivity contribution in [2.75, 3.05) is 0 Å². The van der Waals surface area contributed by atoms with E-state index < -0.39 is 24.4 Å². The molecule has 2 aliphatic carbocycles. The quantitative estimate of drug-likeness (QED) is 0.455. The molecule has 2 unspecified atom stereocenters. The molecule has 0 spiro atoms. The standard InChI is InChI=1S/C25H24F6N4/c1-14-4-8-19(9-5-14)35-22-12-17(32-15(2)24(26,27)28)6-10-20(22)34-21-11-7-18(13-23(21)35)33-16(3)25(29,30)31/h4-6,8-10,12-13,15-16,33H,7,11H2,1-3H3. The Morgan fingerprint density at radius 3 is 2.26 bits per heavy atom. The van der Waals surface area contributed by atoms with Gasteiger partial charge in [0.15, 0.2) is 0 Å². The molecule has 0 saturated carbocycles. The SMILES string of the molecule is Cc1ccc(-n2c3cc(=NC(C)C(F)(F)F)ccc-3nc3c2C=C(NC(C)C(F)(F)F)CC3)cc1. The summed E-state index contributed by atoms with van der Waals surface area (Å²) < 4.78 is 80.4. The fraction of sp³-hybridized carbons (Fsp3) is 0.360. The first-order chi connectivity index (χ1) is 16.3. The Balaban J connectivity index is 1.93. The van der Waals surface area contributed by atoms with E-state index in [2.05, 4.69) is 15.3 Å². The van der Waals surface area contributed by atoms with Gasteiger partial charge in [-0.1, -0.05) is 17.7 Å². The molecule has 1 aliphatic heterocycles. The molecule has 3 aliphatic rings. The molecular weight excluding hydrogens is 470 g/mol. The van der Waals surface area contributed by atoms with Crippen molar-refractivity contribution in [1.82, 2.24) is 14.9 Å². The number of fused-ring (bicyclic) bond motifs is 2. The van der Waals surface area contributed by atoms with E-state index in [-0.39, 0.29) is 5.36 Å². The lowest BCUT2D eigenvalue weighted by molar-refractivity contribution is -0.149. The third kappa shape index (κ3) is 5.36. The van der Waals surface area contributed by atoms with Crippen LogP contribution in [0.5, 0.6) is 0 Å². The predicted octanol–water partition coefficient (Wildman–Crippen LogP) is 5.96. The highest BCUT2D eigenvalue weighted by molar-refractivity contribution is 5.68. The average Bonchev–Trinajstić information content (AvgIpc) is 2.77. The summed E-state index contributed by atoms with van der Waals surface area (Å²) in [5.41, 5.74) is 4.45. The van der Waals surface area contributed by atoms with Crippen molar-refractivity contribution in [3.8, 4) is 17.1 Å². The summed E-state index contributed by atoms with van der Waals surface area (Å²) in [5.74, 6) is 0. The third-order valence-corrected chi connectivity index (χ3v) is 5.94. The zero-order chi connectivity index (χ0) is 25.5. The molecule has 4 rings (SSSR count). The van der Waals surface area contributed by atoms with Crippen molar-refractivity contribution in [2.24, 2.45) is 4.99 Å². The maximum absolute atomic E-state index is 13.1. The summed E-state index contributed by atoms with van der Waals surface area (Å²) in [6, 6.07) is 8.49. The van der Waals surface area contributed by atoms with E-state index in [4.69, 9.17) is 0 Å². The third-order valence-electron chi connectivity index (χ3n) is 5.94. The van der Waals surface area contributed by atoms with Gasteiger partial charge in [0.25, 0.3) is 0 Å². The van der Waals surface area contributed by atoms with E-state index in [1.165, 1.54) is 12.1 Å². The zero-order valence-corrected chi connectivity index (χ0v) is 19.3. The number of nitrogens with zero attached hydrogens (tertiary/aromatic N) is 3. The van der Waals surface area contributed by atoms with Gasteiger partial charge >= 0.3 is 12.4 Å². The summed E-state index contributed by atoms with van der Waals surface area (Å²) in [7, 11) is 0. The molecule has 1 aromatic carbocycles. The normalized spacial score (nSPS) is 16.6. The van der Waals surface area contributed by atoms with Crippen molar-refractivity contribution in [2.45, 2.75) is 58.0 Å². The van der Waals surface area contributed by atoms with E-state index in [0.717, 1.165) is 19.4 Å². The molecule has 35 heavy (non-hydrogen) atoms. The molecule has 2 atom stereocenters. The largest absolute Gasteiger partial charge is 0.410 e. The van der Waals surface area contributed by atoms with Gasteiger partial charge in [-0.05, 0) is 70.0 Å². The molecule has 0 aromatic heterocycles. The highest BCUT2D eigenvalue weighted by atomic mass is 19.4. The van der Waals surface area contributed by atoms with Crippen LogP contribution in [0, 0.1) is 6.92 Å². The summed E-state index contributed by atoms with van der Waals surface area (Å²) in [5, 5.41) is 2.67. The first-order valence-electron chi connectivity index (χ1n) is 11.1. The van der Waals surface area contributed by atoms with Crippen LogP contribution < -0.4 is 10.7 Å². The second-order valence-electron chi connectivity index (χ2n) is 8.71. The van der Waals surface area contributed by atoms with E-state index in [0.29, 0.717) is 47.0 Å². The Morgan fingerprint density at radius 2 is 1.63 bits per heavy atom. The first kappa shape index (κ1) is 24.8. The summed E-state index contributed by atoms with van der Waals surface area (Å²) in [6.45, 7) is 3.95. The van der Waals surface area contributed by atoms with Gasteiger partial charge in [-0.3, -0.25) is 4.99 Å². The number of nitrogens with one attached hydrogen (secondary N) is 1. The highest BCUT2D eigenvalue weighted by Gasteiger charge is 2.37. The topological polar surface area (TPSA) is 42.2 Å². The molecule has 186 valence electrons. The van der Waals surface area contributed by atoms with E-state index in [1.54, 1.807) is 12.1 Å². The smallest absolute Gasteiger partial charge is 0.378 e. The number of aromatic nitrogens is 2. The lowest BCUT2D eigenvalue weighted by Gasteiger charge is -2.27. The molecule has 0 bridgehead atoms. The molecule has 1 aromatic rings. The minimum absolute atomic E-state index is 0.133. The Kier molecular flexibility index (Phi) is 6.42. The molecular formula is C25H24F6N4. The van der Waals surface area contributed by atoms with Crippen molar-refractivity contribution >= 4 is 6.08 Å². The summed E-state index contributed by atoms with van der Waals surface area (Å²) in [6.07, 6.45) is -6.47. The Bertz CT molecular complexity index is 1290. The fourth-order valence-corrected chi connectivity index (χ4v) is 3.89. The second kappa shape index (κ2) is 9.05. The second-order valence-corrected chi connectivity index (χ2v) is 8.71. The maximum atomic E-state index is 13.1. The van der Waals surface area contributed by atoms with Gasteiger partial charge in [-0.2, -0.15) is 26.3 Å². The maximum Gasteiger partial charge on any atom is 0.410 e. The molecule has 1 N–H and O–H groups in total. The van der Waals surface area contributed by atoms with E-state index in [9.17, 15) is 26.3 Å². The zero-order valence-electron chi connectivity index (χ0n) is 19.3. The number of hydrogen-bond donors (Lipinski definition) is 1. The van der Waals surface area contributed by atoms with Gasteiger partial charge in [0.2, 0.25) is 0 Å². The number of rotatable bonds is 4. The van der Waals surface area contributed by atoms with Crippen LogP contribution >= 0.6 is 0 Å². The molecule has 4 nitrogen and oxygen atoms in total. The molecule has 1 heterocycles. The summed E-state index contributed by atoms with van der Waals surface area (Å²) in [4.78, 5) is 8.48. The van der Waals surface area contributed by atoms with Gasteiger partial charge in [0, 0.05) is 11.4 Å². The average molecular weight is 494 g/mol. The van der Waals surface area contributed by atoms with Crippen LogP contribution in [0.2, 0.25) is 0 Å². The Morgan fingerprint density at radius 1 is 0.943 bits per heavy atom. The van der Waals surface area contributed by atoms with Crippen molar-refractivity contribution in [3.05, 3.63) is 70.5 Å². The minimum Gasteiger partial charge on any atom is -0.378 e. The van der Waals surface area contributed by atoms with E-state index in [1.807, 2.05) is 35.8 Å². The van der Waals surface area contributed by atoms with Gasteiger partial charge in [0.1, 0.15) is 12.1 Å². The Labute approximate surface area is 198 Å². The molecule has 0 fully saturated rings. The molecule has 0 radical (unpaired) electrons. The van der Waals surface area contributed by atoms with E-state index >= 15 is 0 Å². The van der Waals surface area contributed by atoms with Gasteiger partial charge in [-0.25, -0.2) is 4.98 Å². The van der Waals surface area contributed by atoms with Crippen LogP contribution in [0.4, 0.5) is 26.3 Å². The van der Waals surface area contributed by atoms with Gasteiger partial charge < -0.3 is 9.88 Å². The number of hydrogen-bond acceptors (Lipinski definition) is 3. The number of allylic oxidation sites excluding steroid dienone is 1. The number of aryl methyl sites for hydroxylation is 2. The van der Waals surface area contributed by atoms with Crippen LogP contribution in [-0.4, -0.2) is 34.0 Å². The van der Waals surface area contributed by atoms with Gasteiger partial charge in [0.05, 0.1) is 28.1 Å². The van der Waals surface area contributed by atoms with Crippen molar-refractivity contribution in [1.29, 1.82) is 0 Å². The lowest BCUT2D eigenvalue weighted by atomic mass is 10.0. The Hall–Kier alpha value is -3.30. The first-order valence-corrected chi connectivity index (χ1v) is 11.1. The van der Waals surface area contributed by atoms with Crippen LogP contribution in [0.1, 0.15) is 37.2 Å². The van der Waals surface area contributed by atoms with Crippen molar-refractivity contribution in [3.63, 3.8) is 0 Å². The number of halogens is 6. The van der Waals surface area contributed by atoms with Crippen LogP contribution in [0.15, 0.2) is 53.2 Å². The minimum atomic E-state index is -4.48. The number of benzene rings is 2. The lowest BCUT2D eigenvalue weighted by Crippen LogP contribution is -2.39. The highest BCUT2D eigenvalue weighted by Crippen LogP contribution is 2.32. The number of alkyl halides is 6. The molecule has 0 amide bonds. The van der Waals surface area contributed by atoms with Crippen molar-refractivity contribution < 1.29 is 26.3 Å².